The molecule has 1 aromatic heterocycles. The average Bonchev–Trinajstić information content (AvgIpc) is 3.14. The van der Waals surface area contributed by atoms with Crippen LogP contribution >= 0.6 is 0 Å². The van der Waals surface area contributed by atoms with Crippen LogP contribution in [0.25, 0.3) is 5.69 Å². The smallest absolute Gasteiger partial charge is 0.227 e. The van der Waals surface area contributed by atoms with E-state index in [0.29, 0.717) is 51.3 Å². The second-order valence-corrected chi connectivity index (χ2v) is 9.34. The van der Waals surface area contributed by atoms with Crippen LogP contribution in [0.15, 0.2) is 54.6 Å². The Hall–Kier alpha value is -2.71. The molecule has 7 nitrogen and oxygen atoms in total. The Kier molecular flexibility index (Phi) is 10.3. The molecule has 0 aliphatic carbocycles. The van der Waals surface area contributed by atoms with Crippen LogP contribution < -0.4 is 4.74 Å². The van der Waals surface area contributed by atoms with Crippen molar-refractivity contribution < 1.29 is 19.3 Å². The van der Waals surface area contributed by atoms with Crippen molar-refractivity contribution in [1.29, 1.82) is 0 Å². The first-order valence-electron chi connectivity index (χ1n) is 12.2. The Morgan fingerprint density at radius 1 is 1.00 bits per heavy atom. The summed E-state index contributed by atoms with van der Waals surface area (Å²) in [6.45, 7) is 11.4. The van der Waals surface area contributed by atoms with E-state index in [0.717, 1.165) is 22.7 Å². The Morgan fingerprint density at radius 3 is 2.37 bits per heavy atom. The van der Waals surface area contributed by atoms with Crippen molar-refractivity contribution in [2.24, 2.45) is 5.92 Å². The van der Waals surface area contributed by atoms with E-state index in [9.17, 15) is 5.11 Å². The van der Waals surface area contributed by atoms with Gasteiger partial charge in [-0.2, -0.15) is 5.10 Å². The van der Waals surface area contributed by atoms with Gasteiger partial charge in [0.2, 0.25) is 5.88 Å². The minimum absolute atomic E-state index is 0.302. The summed E-state index contributed by atoms with van der Waals surface area (Å²) in [6.07, 6.45) is -0.600. The minimum atomic E-state index is -0.600. The predicted molar refractivity (Wildman–Crippen MR) is 138 cm³/mol. The molecule has 0 aliphatic rings. The van der Waals surface area contributed by atoms with Crippen molar-refractivity contribution in [3.05, 3.63) is 71.4 Å². The molecule has 1 atom stereocenters. The number of para-hydroxylation sites is 1. The normalized spacial score (nSPS) is 12.5. The zero-order chi connectivity index (χ0) is 25.2. The van der Waals surface area contributed by atoms with E-state index in [2.05, 4.69) is 25.7 Å². The third kappa shape index (κ3) is 8.18. The predicted octanol–water partition coefficient (Wildman–Crippen LogP) is 4.76. The van der Waals surface area contributed by atoms with E-state index in [4.69, 9.17) is 19.3 Å². The molecule has 3 rings (SSSR count). The maximum Gasteiger partial charge on any atom is 0.227 e. The fraction of sp³-hybridized carbons (Fsp3) is 0.464. The maximum atomic E-state index is 10.6. The van der Waals surface area contributed by atoms with Gasteiger partial charge in [-0.3, -0.25) is 4.90 Å². The number of methoxy groups -OCH3 is 1. The standard InChI is InChI=1S/C28H39N3O4/c1-21(2)19-34-20-25(32)17-30(15-16-33-5)18-27-23(4)29-31(24-9-7-6-8-10-24)28(27)35-26-13-11-22(3)12-14-26/h6-14,21,25,32H,15-20H2,1-5H3/t25-/m1/s1. The highest BCUT2D eigenvalue weighted by molar-refractivity contribution is 5.43. The first-order chi connectivity index (χ1) is 16.9. The summed E-state index contributed by atoms with van der Waals surface area (Å²) >= 11 is 0. The van der Waals surface area contributed by atoms with E-state index in [1.807, 2.05) is 66.2 Å². The molecule has 0 fully saturated rings. The van der Waals surface area contributed by atoms with Crippen molar-refractivity contribution in [2.75, 3.05) is 40.0 Å². The fourth-order valence-electron chi connectivity index (χ4n) is 3.76. The second kappa shape index (κ2) is 13.4. The maximum absolute atomic E-state index is 10.6. The van der Waals surface area contributed by atoms with Crippen LogP contribution in [0, 0.1) is 19.8 Å². The second-order valence-electron chi connectivity index (χ2n) is 9.34. The molecule has 190 valence electrons. The van der Waals surface area contributed by atoms with Crippen molar-refractivity contribution in [3.8, 4) is 17.3 Å². The molecule has 2 aromatic carbocycles. The Bertz CT molecular complexity index is 1020. The summed E-state index contributed by atoms with van der Waals surface area (Å²) in [6, 6.07) is 18.0. The molecule has 0 unspecified atom stereocenters. The number of ether oxygens (including phenoxy) is 3. The van der Waals surface area contributed by atoms with Crippen LogP contribution in [-0.4, -0.2) is 65.9 Å². The van der Waals surface area contributed by atoms with Gasteiger partial charge < -0.3 is 19.3 Å². The lowest BCUT2D eigenvalue weighted by Crippen LogP contribution is -2.37. The quantitative estimate of drug-likeness (QED) is 0.358. The molecule has 0 spiro atoms. The highest BCUT2D eigenvalue weighted by Crippen LogP contribution is 2.31. The summed E-state index contributed by atoms with van der Waals surface area (Å²) in [5.74, 6) is 1.85. The van der Waals surface area contributed by atoms with E-state index >= 15 is 0 Å². The first-order valence-corrected chi connectivity index (χ1v) is 12.2. The van der Waals surface area contributed by atoms with Gasteiger partial charge in [-0.1, -0.05) is 49.7 Å². The molecule has 0 saturated heterocycles. The Morgan fingerprint density at radius 2 is 1.71 bits per heavy atom. The lowest BCUT2D eigenvalue weighted by molar-refractivity contribution is 0.00324. The number of benzene rings is 2. The minimum Gasteiger partial charge on any atom is -0.439 e. The van der Waals surface area contributed by atoms with Crippen LogP contribution in [0.5, 0.6) is 11.6 Å². The third-order valence-corrected chi connectivity index (χ3v) is 5.60. The number of aliphatic hydroxyl groups is 1. The lowest BCUT2D eigenvalue weighted by Gasteiger charge is -2.25. The molecule has 1 heterocycles. The zero-order valence-corrected chi connectivity index (χ0v) is 21.6. The van der Waals surface area contributed by atoms with Crippen molar-refractivity contribution in [2.45, 2.75) is 40.3 Å². The summed E-state index contributed by atoms with van der Waals surface area (Å²) in [7, 11) is 1.69. The van der Waals surface area contributed by atoms with E-state index < -0.39 is 6.10 Å². The largest absolute Gasteiger partial charge is 0.439 e. The van der Waals surface area contributed by atoms with Crippen molar-refractivity contribution in [1.82, 2.24) is 14.7 Å². The van der Waals surface area contributed by atoms with Crippen LogP contribution in [-0.2, 0) is 16.0 Å². The Balaban J connectivity index is 1.88. The number of hydrogen-bond donors (Lipinski definition) is 1. The summed E-state index contributed by atoms with van der Waals surface area (Å²) in [4.78, 5) is 2.16. The molecule has 0 amide bonds. The zero-order valence-electron chi connectivity index (χ0n) is 21.6. The molecule has 0 bridgehead atoms. The van der Waals surface area contributed by atoms with Crippen LogP contribution in [0.1, 0.15) is 30.7 Å². The molecular formula is C28H39N3O4. The van der Waals surface area contributed by atoms with Gasteiger partial charge in [-0.15, -0.1) is 0 Å². The van der Waals surface area contributed by atoms with Gasteiger partial charge in [0.05, 0.1) is 36.3 Å². The molecule has 0 saturated carbocycles. The van der Waals surface area contributed by atoms with E-state index in [1.165, 1.54) is 5.56 Å². The van der Waals surface area contributed by atoms with Gasteiger partial charge >= 0.3 is 0 Å². The van der Waals surface area contributed by atoms with Crippen molar-refractivity contribution >= 4 is 0 Å². The number of aromatic nitrogens is 2. The number of aliphatic hydroxyl groups excluding tert-OH is 1. The fourth-order valence-corrected chi connectivity index (χ4v) is 3.76. The number of nitrogens with zero attached hydrogens (tertiary/aromatic N) is 3. The van der Waals surface area contributed by atoms with Crippen molar-refractivity contribution in [3.63, 3.8) is 0 Å². The van der Waals surface area contributed by atoms with Crippen LogP contribution in [0.4, 0.5) is 0 Å². The monoisotopic (exact) mass is 481 g/mol. The number of rotatable bonds is 14. The number of aryl methyl sites for hydroxylation is 2. The molecule has 0 aliphatic heterocycles. The van der Waals surface area contributed by atoms with Crippen LogP contribution in [0.3, 0.4) is 0 Å². The topological polar surface area (TPSA) is 69.0 Å². The summed E-state index contributed by atoms with van der Waals surface area (Å²) in [5, 5.41) is 15.5. The molecule has 1 N–H and O–H groups in total. The molecule has 7 heteroatoms. The molecule has 3 aromatic rings. The van der Waals surface area contributed by atoms with E-state index in [-0.39, 0.29) is 0 Å². The first kappa shape index (κ1) is 26.9. The van der Waals surface area contributed by atoms with Gasteiger partial charge in [0.25, 0.3) is 0 Å². The van der Waals surface area contributed by atoms with Gasteiger partial charge in [-0.05, 0) is 44.0 Å². The van der Waals surface area contributed by atoms with Gasteiger partial charge in [0.1, 0.15) is 5.75 Å². The SMILES string of the molecule is COCCN(Cc1c(C)nn(-c2ccccc2)c1Oc1ccc(C)cc1)C[C@@H](O)COCC(C)C. The highest BCUT2D eigenvalue weighted by atomic mass is 16.5. The lowest BCUT2D eigenvalue weighted by atomic mass is 10.2. The molecule has 0 radical (unpaired) electrons. The highest BCUT2D eigenvalue weighted by Gasteiger charge is 2.22. The van der Waals surface area contributed by atoms with Gasteiger partial charge in [-0.25, -0.2) is 4.68 Å². The summed E-state index contributed by atoms with van der Waals surface area (Å²) in [5.41, 5.74) is 3.95. The molecule has 35 heavy (non-hydrogen) atoms. The van der Waals surface area contributed by atoms with E-state index in [1.54, 1.807) is 7.11 Å². The Labute approximate surface area is 209 Å². The molecular weight excluding hydrogens is 442 g/mol. The average molecular weight is 482 g/mol. The number of hydrogen-bond acceptors (Lipinski definition) is 6. The van der Waals surface area contributed by atoms with Gasteiger partial charge in [0.15, 0.2) is 0 Å². The van der Waals surface area contributed by atoms with Crippen LogP contribution in [0.2, 0.25) is 0 Å². The third-order valence-electron chi connectivity index (χ3n) is 5.60. The van der Waals surface area contributed by atoms with Gasteiger partial charge in [0, 0.05) is 33.4 Å². The summed E-state index contributed by atoms with van der Waals surface area (Å²) < 4.78 is 19.3.